The van der Waals surface area contributed by atoms with Crippen LogP contribution in [0.2, 0.25) is 0 Å². The zero-order chi connectivity index (χ0) is 5.98. The second kappa shape index (κ2) is 2.24. The van der Waals surface area contributed by atoms with Crippen LogP contribution in [0.4, 0.5) is 0 Å². The van der Waals surface area contributed by atoms with Gasteiger partial charge in [-0.15, -0.1) is 0 Å². The maximum Gasteiger partial charge on any atom is 0.217 e. The van der Waals surface area contributed by atoms with E-state index in [0.717, 1.165) is 0 Å². The molecule has 3 heteroatoms. The largest absolute Gasteiger partial charge is 0.344 e. The van der Waals surface area contributed by atoms with Gasteiger partial charge in [-0.25, -0.2) is 0 Å². The minimum absolute atomic E-state index is 0.0532. The summed E-state index contributed by atoms with van der Waals surface area (Å²) >= 11 is 0. The molecule has 3 nitrogen and oxygen atoms in total. The van der Waals surface area contributed by atoms with Crippen molar-refractivity contribution in [3.8, 4) is 0 Å². The molecule has 1 fully saturated rings. The molecule has 0 saturated carbocycles. The molecule has 1 rings (SSSR count). The zero-order valence-corrected chi connectivity index (χ0v) is 4.72. The van der Waals surface area contributed by atoms with Gasteiger partial charge in [0.15, 0.2) is 5.78 Å². The highest BCUT2D eigenvalue weighted by Gasteiger charge is 2.19. The van der Waals surface area contributed by atoms with Crippen molar-refractivity contribution in [2.24, 2.45) is 0 Å². The van der Waals surface area contributed by atoms with Crippen LogP contribution in [0.3, 0.4) is 0 Å². The van der Waals surface area contributed by atoms with Crippen LogP contribution in [0, 0.1) is 0 Å². The standard InChI is InChI=1S/C5H8O3/c1-4(6)5-7-2-3-8-5/h5H,2-3H2,1H3. The molecular formula is C5H8O3. The van der Waals surface area contributed by atoms with E-state index in [2.05, 4.69) is 0 Å². The lowest BCUT2D eigenvalue weighted by Crippen LogP contribution is -2.17. The minimum atomic E-state index is -0.574. The minimum Gasteiger partial charge on any atom is -0.344 e. The highest BCUT2D eigenvalue weighted by Crippen LogP contribution is 2.02. The Morgan fingerprint density at radius 1 is 1.50 bits per heavy atom. The van der Waals surface area contributed by atoms with Gasteiger partial charge in [-0.2, -0.15) is 0 Å². The quantitative estimate of drug-likeness (QED) is 0.481. The number of hydrogen-bond acceptors (Lipinski definition) is 3. The summed E-state index contributed by atoms with van der Waals surface area (Å²) in [6.45, 7) is 2.55. The number of ketones is 1. The molecule has 0 amide bonds. The van der Waals surface area contributed by atoms with Crippen molar-refractivity contribution in [2.45, 2.75) is 13.2 Å². The molecular weight excluding hydrogens is 108 g/mol. The molecule has 8 heavy (non-hydrogen) atoms. The fourth-order valence-corrected chi connectivity index (χ4v) is 0.593. The van der Waals surface area contributed by atoms with Gasteiger partial charge in [0.05, 0.1) is 13.2 Å². The van der Waals surface area contributed by atoms with Crippen LogP contribution in [0.5, 0.6) is 0 Å². The summed E-state index contributed by atoms with van der Waals surface area (Å²) in [5.74, 6) is -0.0532. The van der Waals surface area contributed by atoms with Crippen molar-refractivity contribution in [1.82, 2.24) is 0 Å². The smallest absolute Gasteiger partial charge is 0.217 e. The number of Topliss-reactive ketones (excluding diaryl/α,β-unsaturated/α-hetero) is 1. The van der Waals surface area contributed by atoms with Gasteiger partial charge >= 0.3 is 0 Å². The molecule has 0 bridgehead atoms. The number of hydrogen-bond donors (Lipinski definition) is 0. The first kappa shape index (κ1) is 5.72. The van der Waals surface area contributed by atoms with E-state index in [0.29, 0.717) is 13.2 Å². The van der Waals surface area contributed by atoms with E-state index in [1.807, 2.05) is 0 Å². The van der Waals surface area contributed by atoms with Crippen LogP contribution in [-0.2, 0) is 14.3 Å². The lowest BCUT2D eigenvalue weighted by Gasteiger charge is -2.00. The van der Waals surface area contributed by atoms with Crippen LogP contribution < -0.4 is 0 Å². The van der Waals surface area contributed by atoms with Crippen molar-refractivity contribution in [2.75, 3.05) is 13.2 Å². The van der Waals surface area contributed by atoms with Crippen molar-refractivity contribution < 1.29 is 14.3 Å². The molecule has 46 valence electrons. The number of carbonyl (C=O) groups excluding carboxylic acids is 1. The topological polar surface area (TPSA) is 35.5 Å². The SMILES string of the molecule is CC(=O)C1OCCO1. The van der Waals surface area contributed by atoms with E-state index in [1.165, 1.54) is 6.92 Å². The van der Waals surface area contributed by atoms with Gasteiger partial charge in [0, 0.05) is 0 Å². The average Bonchev–Trinajstić information content (AvgIpc) is 2.12. The van der Waals surface area contributed by atoms with E-state index in [-0.39, 0.29) is 5.78 Å². The van der Waals surface area contributed by atoms with E-state index in [9.17, 15) is 4.79 Å². The van der Waals surface area contributed by atoms with E-state index in [4.69, 9.17) is 9.47 Å². The molecule has 0 N–H and O–H groups in total. The van der Waals surface area contributed by atoms with Crippen LogP contribution in [0.25, 0.3) is 0 Å². The molecule has 0 spiro atoms. The third-order valence-electron chi connectivity index (χ3n) is 0.954. The molecule has 0 radical (unpaired) electrons. The van der Waals surface area contributed by atoms with Gasteiger partial charge in [-0.1, -0.05) is 0 Å². The summed E-state index contributed by atoms with van der Waals surface area (Å²) in [6.07, 6.45) is -0.574. The van der Waals surface area contributed by atoms with Gasteiger partial charge < -0.3 is 9.47 Å². The Labute approximate surface area is 47.6 Å². The Bertz CT molecular complexity index is 93.8. The van der Waals surface area contributed by atoms with E-state index < -0.39 is 6.29 Å². The molecule has 1 saturated heterocycles. The maximum absolute atomic E-state index is 10.4. The summed E-state index contributed by atoms with van der Waals surface area (Å²) in [6, 6.07) is 0. The monoisotopic (exact) mass is 116 g/mol. The lowest BCUT2D eigenvalue weighted by molar-refractivity contribution is -0.141. The second-order valence-electron chi connectivity index (χ2n) is 1.68. The summed E-state index contributed by atoms with van der Waals surface area (Å²) in [7, 11) is 0. The molecule has 0 aliphatic carbocycles. The van der Waals surface area contributed by atoms with E-state index >= 15 is 0 Å². The number of ether oxygens (including phenoxy) is 2. The fourth-order valence-electron chi connectivity index (χ4n) is 0.593. The van der Waals surface area contributed by atoms with Gasteiger partial charge in [-0.3, -0.25) is 4.79 Å². The lowest BCUT2D eigenvalue weighted by atomic mass is 10.4. The maximum atomic E-state index is 10.4. The molecule has 1 aliphatic heterocycles. The predicted octanol–water partition coefficient (Wildman–Crippen LogP) is -0.0517. The van der Waals surface area contributed by atoms with Gasteiger partial charge in [-0.05, 0) is 6.92 Å². The first-order valence-corrected chi connectivity index (χ1v) is 2.54. The van der Waals surface area contributed by atoms with Crippen LogP contribution in [0.15, 0.2) is 0 Å². The van der Waals surface area contributed by atoms with Gasteiger partial charge in [0.25, 0.3) is 0 Å². The second-order valence-corrected chi connectivity index (χ2v) is 1.68. The Morgan fingerprint density at radius 3 is 2.25 bits per heavy atom. The van der Waals surface area contributed by atoms with Gasteiger partial charge in [0.1, 0.15) is 0 Å². The molecule has 0 aromatic rings. The summed E-state index contributed by atoms with van der Waals surface area (Å²) in [4.78, 5) is 10.4. The summed E-state index contributed by atoms with van der Waals surface area (Å²) < 4.78 is 9.69. The summed E-state index contributed by atoms with van der Waals surface area (Å²) in [5, 5.41) is 0. The third kappa shape index (κ3) is 1.05. The molecule has 1 heterocycles. The summed E-state index contributed by atoms with van der Waals surface area (Å²) in [5.41, 5.74) is 0. The van der Waals surface area contributed by atoms with Crippen molar-refractivity contribution >= 4 is 5.78 Å². The Balaban J connectivity index is 2.35. The molecule has 0 atom stereocenters. The fraction of sp³-hybridized carbons (Fsp3) is 0.800. The van der Waals surface area contributed by atoms with Crippen molar-refractivity contribution in [3.63, 3.8) is 0 Å². The predicted molar refractivity (Wildman–Crippen MR) is 26.4 cm³/mol. The van der Waals surface area contributed by atoms with Gasteiger partial charge in [0.2, 0.25) is 6.29 Å². The average molecular weight is 116 g/mol. The zero-order valence-electron chi connectivity index (χ0n) is 4.72. The molecule has 1 aliphatic rings. The first-order valence-electron chi connectivity index (χ1n) is 2.54. The third-order valence-corrected chi connectivity index (χ3v) is 0.954. The molecule has 0 aromatic heterocycles. The van der Waals surface area contributed by atoms with Crippen molar-refractivity contribution in [3.05, 3.63) is 0 Å². The number of rotatable bonds is 1. The first-order chi connectivity index (χ1) is 3.80. The van der Waals surface area contributed by atoms with Crippen LogP contribution in [-0.4, -0.2) is 25.3 Å². The molecule has 0 aromatic carbocycles. The Hall–Kier alpha value is -0.410. The highest BCUT2D eigenvalue weighted by atomic mass is 16.7. The van der Waals surface area contributed by atoms with Crippen molar-refractivity contribution in [1.29, 1.82) is 0 Å². The van der Waals surface area contributed by atoms with Crippen LogP contribution in [0.1, 0.15) is 6.92 Å². The Morgan fingerprint density at radius 2 is 2.00 bits per heavy atom. The highest BCUT2D eigenvalue weighted by molar-refractivity contribution is 5.79. The number of carbonyl (C=O) groups is 1. The normalized spacial score (nSPS) is 21.6. The Kier molecular flexibility index (Phi) is 1.60. The molecule has 0 unspecified atom stereocenters. The van der Waals surface area contributed by atoms with E-state index in [1.54, 1.807) is 0 Å². The van der Waals surface area contributed by atoms with Crippen LogP contribution >= 0.6 is 0 Å².